The van der Waals surface area contributed by atoms with Gasteiger partial charge in [0.2, 0.25) is 0 Å². The molecule has 3 aromatic rings. The zero-order chi connectivity index (χ0) is 31.9. The Labute approximate surface area is 265 Å². The number of nitrogens with zero attached hydrogens (tertiary/aromatic N) is 2. The van der Waals surface area contributed by atoms with Crippen LogP contribution in [0.2, 0.25) is 0 Å². The van der Waals surface area contributed by atoms with Crippen molar-refractivity contribution in [1.82, 2.24) is 4.90 Å². The molecule has 0 aliphatic carbocycles. The first kappa shape index (κ1) is 30.8. The molecule has 236 valence electrons. The summed E-state index contributed by atoms with van der Waals surface area (Å²) < 4.78 is 13.1. The number of fused-ring (bicyclic) bond motifs is 3. The Hall–Kier alpha value is -4.17. The number of piperidine rings is 1. The highest BCUT2D eigenvalue weighted by Gasteiger charge is 2.42. The first-order chi connectivity index (χ1) is 21.5. The van der Waals surface area contributed by atoms with Gasteiger partial charge in [-0.3, -0.25) is 14.7 Å². The maximum Gasteiger partial charge on any atom is 0.336 e. The minimum absolute atomic E-state index is 0.0389. The maximum absolute atomic E-state index is 13.2. The van der Waals surface area contributed by atoms with Crippen LogP contribution in [0.1, 0.15) is 102 Å². The highest BCUT2D eigenvalue weighted by molar-refractivity contribution is 6.17. The molecule has 1 saturated heterocycles. The number of rotatable bonds is 8. The number of aromatic carboxylic acids is 1. The van der Waals surface area contributed by atoms with Gasteiger partial charge in [-0.15, -0.1) is 0 Å². The summed E-state index contributed by atoms with van der Waals surface area (Å²) in [6, 6.07) is 13.9. The molecule has 1 fully saturated rings. The minimum Gasteiger partial charge on any atom is -0.490 e. The Balaban J connectivity index is 1.47. The zero-order valence-electron chi connectivity index (χ0n) is 27.0. The van der Waals surface area contributed by atoms with Gasteiger partial charge in [0.15, 0.2) is 11.5 Å². The van der Waals surface area contributed by atoms with Gasteiger partial charge in [0.05, 0.1) is 29.0 Å². The fourth-order valence-electron chi connectivity index (χ4n) is 7.01. The van der Waals surface area contributed by atoms with Crippen LogP contribution in [0.4, 0.5) is 5.69 Å². The van der Waals surface area contributed by atoms with Gasteiger partial charge in [0.25, 0.3) is 5.91 Å². The summed E-state index contributed by atoms with van der Waals surface area (Å²) in [6.45, 7) is 14.1. The van der Waals surface area contributed by atoms with Crippen molar-refractivity contribution in [3.8, 4) is 11.5 Å². The lowest BCUT2D eigenvalue weighted by atomic mass is 9.78. The fourth-order valence-corrected chi connectivity index (χ4v) is 7.01. The van der Waals surface area contributed by atoms with Crippen LogP contribution in [0.3, 0.4) is 0 Å². The van der Waals surface area contributed by atoms with E-state index >= 15 is 0 Å². The molecular weight excluding hydrogens is 566 g/mol. The van der Waals surface area contributed by atoms with E-state index in [2.05, 4.69) is 37.9 Å². The molecule has 3 aromatic carbocycles. The minimum atomic E-state index is -1.14. The predicted octanol–water partition coefficient (Wildman–Crippen LogP) is 6.91. The number of carbonyl (C=O) groups excluding carboxylic acids is 1. The summed E-state index contributed by atoms with van der Waals surface area (Å²) in [4.78, 5) is 32.9. The summed E-state index contributed by atoms with van der Waals surface area (Å²) in [5, 5.41) is 12.5. The van der Waals surface area contributed by atoms with Crippen LogP contribution in [0.15, 0.2) is 53.5 Å². The Morgan fingerprint density at radius 1 is 0.978 bits per heavy atom. The fraction of sp³-hybridized carbons (Fsp3) is 0.432. The number of carbonyl (C=O) groups is 2. The van der Waals surface area contributed by atoms with Crippen molar-refractivity contribution < 1.29 is 24.2 Å². The van der Waals surface area contributed by atoms with E-state index in [-0.39, 0.29) is 16.7 Å². The SMILES string of the molecule is CCOc1c(CN2CCCCC2)c2c(c3c1OC(C)(C)C3)C(c1cccc(NC(=O)c3ccccc3C(=O)O)c1)=NC(C)(C)C2. The van der Waals surface area contributed by atoms with Crippen LogP contribution in [-0.2, 0) is 19.4 Å². The molecule has 0 unspecified atom stereocenters. The van der Waals surface area contributed by atoms with Gasteiger partial charge in [-0.1, -0.05) is 30.7 Å². The monoisotopic (exact) mass is 609 g/mol. The molecule has 3 aliphatic heterocycles. The summed E-state index contributed by atoms with van der Waals surface area (Å²) in [5.74, 6) is 0.0839. The summed E-state index contributed by atoms with van der Waals surface area (Å²) in [6.07, 6.45) is 5.19. The van der Waals surface area contributed by atoms with Gasteiger partial charge in [-0.05, 0) is 96.8 Å². The quantitative estimate of drug-likeness (QED) is 0.288. The van der Waals surface area contributed by atoms with Crippen molar-refractivity contribution in [2.24, 2.45) is 4.99 Å². The van der Waals surface area contributed by atoms with E-state index in [9.17, 15) is 14.7 Å². The lowest BCUT2D eigenvalue weighted by Crippen LogP contribution is -2.34. The van der Waals surface area contributed by atoms with E-state index in [1.54, 1.807) is 12.1 Å². The van der Waals surface area contributed by atoms with Crippen LogP contribution in [0.5, 0.6) is 11.5 Å². The summed E-state index contributed by atoms with van der Waals surface area (Å²) in [7, 11) is 0. The standard InChI is InChI=1S/C37H43N3O5/c1-6-44-32-29(22-40-17-10-7-11-18-40)27-20-36(2,3)39-31(30(27)28-21-37(4,5)45-33(28)32)23-13-12-14-24(19-23)38-34(41)25-15-8-9-16-26(25)35(42)43/h8-9,12-16,19H,6-7,10-11,17-18,20-22H2,1-5H3,(H,38,41)(H,42,43). The van der Waals surface area contributed by atoms with Gasteiger partial charge in [-0.2, -0.15) is 0 Å². The number of anilines is 1. The van der Waals surface area contributed by atoms with Crippen LogP contribution >= 0.6 is 0 Å². The first-order valence-electron chi connectivity index (χ1n) is 16.1. The highest BCUT2D eigenvalue weighted by atomic mass is 16.5. The lowest BCUT2D eigenvalue weighted by Gasteiger charge is -2.35. The van der Waals surface area contributed by atoms with Gasteiger partial charge in [-0.25, -0.2) is 4.79 Å². The van der Waals surface area contributed by atoms with Crippen LogP contribution in [0, 0.1) is 0 Å². The Morgan fingerprint density at radius 2 is 1.71 bits per heavy atom. The molecular formula is C37H43N3O5. The van der Waals surface area contributed by atoms with Gasteiger partial charge in [0, 0.05) is 40.9 Å². The lowest BCUT2D eigenvalue weighted by molar-refractivity contribution is 0.0692. The van der Waals surface area contributed by atoms with E-state index in [0.717, 1.165) is 66.4 Å². The number of nitrogens with one attached hydrogen (secondary N) is 1. The molecule has 8 nitrogen and oxygen atoms in total. The predicted molar refractivity (Wildman–Crippen MR) is 176 cm³/mol. The maximum atomic E-state index is 13.2. The van der Waals surface area contributed by atoms with E-state index in [4.69, 9.17) is 14.5 Å². The van der Waals surface area contributed by atoms with E-state index < -0.39 is 17.5 Å². The number of hydrogen-bond donors (Lipinski definition) is 2. The topological polar surface area (TPSA) is 100 Å². The molecule has 0 atom stereocenters. The largest absolute Gasteiger partial charge is 0.490 e. The molecule has 1 amide bonds. The van der Waals surface area contributed by atoms with E-state index in [0.29, 0.717) is 12.3 Å². The van der Waals surface area contributed by atoms with Crippen LogP contribution in [-0.4, -0.2) is 58.4 Å². The molecule has 8 heteroatoms. The number of carboxylic acids is 1. The van der Waals surface area contributed by atoms with Crippen molar-refractivity contribution in [3.05, 3.63) is 87.5 Å². The molecule has 0 aromatic heterocycles. The number of amides is 1. The molecule has 0 radical (unpaired) electrons. The molecule has 45 heavy (non-hydrogen) atoms. The number of ether oxygens (including phenoxy) is 2. The average molecular weight is 610 g/mol. The molecule has 2 N–H and O–H groups in total. The number of likely N-dealkylation sites (tertiary alicyclic amines) is 1. The smallest absolute Gasteiger partial charge is 0.336 e. The average Bonchev–Trinajstić information content (AvgIpc) is 3.33. The third kappa shape index (κ3) is 6.21. The first-order valence-corrected chi connectivity index (χ1v) is 16.1. The molecule has 3 heterocycles. The number of aliphatic imine (C=N–C) groups is 1. The van der Waals surface area contributed by atoms with Crippen molar-refractivity contribution >= 4 is 23.3 Å². The van der Waals surface area contributed by atoms with Gasteiger partial charge >= 0.3 is 5.97 Å². The molecule has 0 spiro atoms. The zero-order valence-corrected chi connectivity index (χ0v) is 27.0. The Bertz CT molecular complexity index is 1680. The van der Waals surface area contributed by atoms with E-state index in [1.165, 1.54) is 42.5 Å². The number of carboxylic acid groups (broad SMARTS) is 1. The third-order valence-corrected chi connectivity index (χ3v) is 8.88. The normalized spacial score (nSPS) is 18.3. The molecule has 0 bridgehead atoms. The Morgan fingerprint density at radius 3 is 2.42 bits per heavy atom. The highest BCUT2D eigenvalue weighted by Crippen LogP contribution is 2.51. The second-order valence-electron chi connectivity index (χ2n) is 13.6. The van der Waals surface area contributed by atoms with Gasteiger partial charge in [0.1, 0.15) is 5.60 Å². The second-order valence-corrected chi connectivity index (χ2v) is 13.6. The summed E-state index contributed by atoms with van der Waals surface area (Å²) >= 11 is 0. The third-order valence-electron chi connectivity index (χ3n) is 8.88. The van der Waals surface area contributed by atoms with Crippen molar-refractivity contribution in [3.63, 3.8) is 0 Å². The van der Waals surface area contributed by atoms with Gasteiger partial charge < -0.3 is 19.9 Å². The van der Waals surface area contributed by atoms with E-state index in [1.807, 2.05) is 31.2 Å². The van der Waals surface area contributed by atoms with Crippen molar-refractivity contribution in [2.45, 2.75) is 84.4 Å². The molecule has 3 aliphatic rings. The summed E-state index contributed by atoms with van der Waals surface area (Å²) in [5.41, 5.74) is 6.34. The second kappa shape index (κ2) is 12.0. The molecule has 0 saturated carbocycles. The van der Waals surface area contributed by atoms with Crippen molar-refractivity contribution in [1.29, 1.82) is 0 Å². The number of benzene rings is 3. The van der Waals surface area contributed by atoms with Crippen LogP contribution < -0.4 is 14.8 Å². The van der Waals surface area contributed by atoms with Crippen molar-refractivity contribution in [2.75, 3.05) is 25.0 Å². The molecule has 6 rings (SSSR count). The number of hydrogen-bond acceptors (Lipinski definition) is 6. The van der Waals surface area contributed by atoms with Crippen LogP contribution in [0.25, 0.3) is 0 Å². The Kier molecular flexibility index (Phi) is 8.20.